The minimum atomic E-state index is -6.33. The van der Waals surface area contributed by atoms with E-state index in [0.717, 1.165) is 34.1 Å². The molecule has 0 amide bonds. The van der Waals surface area contributed by atoms with Crippen molar-refractivity contribution < 1.29 is 72.4 Å². The van der Waals surface area contributed by atoms with Gasteiger partial charge in [-0.15, -0.1) is 0 Å². The van der Waals surface area contributed by atoms with Gasteiger partial charge in [-0.2, -0.15) is 52.7 Å². The highest BCUT2D eigenvalue weighted by atomic mass is 19.4. The Bertz CT molecular complexity index is 1020. The van der Waals surface area contributed by atoms with Crippen molar-refractivity contribution in [3.8, 4) is 0 Å². The van der Waals surface area contributed by atoms with Gasteiger partial charge in [0.05, 0.1) is 26.4 Å². The second kappa shape index (κ2) is 11.7. The standard InChI is InChI=1S/C22H22F12N4O4/c23-19(24,25)17(39,20(26,27)28)35-15(37-5-9-41-10-6-37)13-1-2-14(4-3-13)16(38-7-11-42-12-8-38)36-18(40,21(29,30)31)22(32,33)34/h1-4,39-40H,5-12H2/b35-15+,36-16+. The predicted octanol–water partition coefficient (Wildman–Crippen LogP) is 3.47. The number of aliphatic imine (C=N–C) groups is 2. The summed E-state index contributed by atoms with van der Waals surface area (Å²) in [6.07, 6.45) is -25.3. The molecule has 0 aromatic heterocycles. The second-order valence-electron chi connectivity index (χ2n) is 8.98. The smallest absolute Gasteiger partial charge is 0.378 e. The van der Waals surface area contributed by atoms with Crippen LogP contribution in [0.3, 0.4) is 0 Å². The van der Waals surface area contributed by atoms with Crippen LogP contribution in [0.4, 0.5) is 52.7 Å². The van der Waals surface area contributed by atoms with Crippen LogP contribution in [-0.2, 0) is 9.47 Å². The average Bonchev–Trinajstić information content (AvgIpc) is 2.88. The van der Waals surface area contributed by atoms with E-state index in [1.54, 1.807) is 0 Å². The van der Waals surface area contributed by atoms with Crippen LogP contribution in [0.15, 0.2) is 34.3 Å². The fraction of sp³-hybridized carbons (Fsp3) is 0.636. The van der Waals surface area contributed by atoms with Gasteiger partial charge in [0.2, 0.25) is 0 Å². The monoisotopic (exact) mass is 634 g/mol. The number of aliphatic hydroxyl groups is 2. The summed E-state index contributed by atoms with van der Waals surface area (Å²) in [6.45, 7) is -1.75. The molecule has 0 unspecified atom stereocenters. The van der Waals surface area contributed by atoms with E-state index >= 15 is 0 Å². The van der Waals surface area contributed by atoms with Crippen molar-refractivity contribution in [3.63, 3.8) is 0 Å². The third kappa shape index (κ3) is 6.70. The fourth-order valence-electron chi connectivity index (χ4n) is 3.84. The van der Waals surface area contributed by atoms with Crippen molar-refractivity contribution in [2.45, 2.75) is 36.2 Å². The summed E-state index contributed by atoms with van der Waals surface area (Å²) >= 11 is 0. The SMILES string of the molecule is OC(/N=C(\c1ccc(/C(=N\C(O)(C(F)(F)F)C(F)(F)F)N2CCOCC2)cc1)N1CCOCC1)(C(F)(F)F)C(F)(F)F. The van der Waals surface area contributed by atoms with Crippen molar-refractivity contribution in [2.75, 3.05) is 52.6 Å². The molecule has 2 saturated heterocycles. The number of amidine groups is 2. The molecule has 238 valence electrons. The first kappa shape index (κ1) is 33.7. The first-order chi connectivity index (χ1) is 19.1. The van der Waals surface area contributed by atoms with Crippen molar-refractivity contribution >= 4 is 11.7 Å². The molecule has 0 saturated carbocycles. The lowest BCUT2D eigenvalue weighted by Crippen LogP contribution is -2.57. The molecular weight excluding hydrogens is 612 g/mol. The van der Waals surface area contributed by atoms with Crippen LogP contribution < -0.4 is 0 Å². The van der Waals surface area contributed by atoms with Crippen molar-refractivity contribution in [3.05, 3.63) is 35.4 Å². The van der Waals surface area contributed by atoms with Gasteiger partial charge in [0.15, 0.2) is 0 Å². The van der Waals surface area contributed by atoms with E-state index in [1.807, 2.05) is 0 Å². The minimum Gasteiger partial charge on any atom is -0.378 e. The maximum Gasteiger partial charge on any atom is 0.448 e. The van der Waals surface area contributed by atoms with Gasteiger partial charge in [-0.05, 0) is 0 Å². The van der Waals surface area contributed by atoms with Crippen molar-refractivity contribution in [2.24, 2.45) is 9.98 Å². The number of rotatable bonds is 4. The molecule has 42 heavy (non-hydrogen) atoms. The number of morpholine rings is 2. The number of hydrogen-bond donors (Lipinski definition) is 2. The van der Waals surface area contributed by atoms with E-state index < -0.39 is 59.0 Å². The van der Waals surface area contributed by atoms with E-state index in [2.05, 4.69) is 9.98 Å². The molecule has 0 spiro atoms. The van der Waals surface area contributed by atoms with Crippen LogP contribution in [0.1, 0.15) is 11.1 Å². The van der Waals surface area contributed by atoms with E-state index in [0.29, 0.717) is 0 Å². The summed E-state index contributed by atoms with van der Waals surface area (Å²) in [5.41, 5.74) is -12.2. The highest BCUT2D eigenvalue weighted by Gasteiger charge is 2.72. The van der Waals surface area contributed by atoms with E-state index in [4.69, 9.17) is 9.47 Å². The molecule has 2 aliphatic heterocycles. The molecule has 8 nitrogen and oxygen atoms in total. The maximum atomic E-state index is 13.4. The molecule has 2 aliphatic rings. The average molecular weight is 634 g/mol. The Balaban J connectivity index is 2.19. The molecule has 1 aromatic carbocycles. The third-order valence-corrected chi connectivity index (χ3v) is 6.14. The van der Waals surface area contributed by atoms with Crippen molar-refractivity contribution in [1.29, 1.82) is 0 Å². The molecule has 0 aliphatic carbocycles. The first-order valence-electron chi connectivity index (χ1n) is 11.8. The number of halogens is 12. The molecule has 2 N–H and O–H groups in total. The van der Waals surface area contributed by atoms with E-state index in [9.17, 15) is 62.9 Å². The molecule has 0 bridgehead atoms. The van der Waals surface area contributed by atoms with Crippen LogP contribution in [0.25, 0.3) is 0 Å². The van der Waals surface area contributed by atoms with Gasteiger partial charge in [0, 0.05) is 37.3 Å². The summed E-state index contributed by atoms with van der Waals surface area (Å²) in [7, 11) is 0. The first-order valence-corrected chi connectivity index (χ1v) is 11.8. The van der Waals surface area contributed by atoms with E-state index in [1.165, 1.54) is 0 Å². The summed E-state index contributed by atoms with van der Waals surface area (Å²) < 4.78 is 171. The normalized spacial score (nSPS) is 19.4. The molecule has 0 radical (unpaired) electrons. The summed E-state index contributed by atoms with van der Waals surface area (Å²) in [5, 5.41) is 19.3. The van der Waals surface area contributed by atoms with Gasteiger partial charge >= 0.3 is 36.2 Å². The Hall–Kier alpha value is -2.84. The van der Waals surface area contributed by atoms with Gasteiger partial charge in [0.1, 0.15) is 11.7 Å². The Kier molecular flexibility index (Phi) is 9.36. The molecule has 20 heteroatoms. The zero-order valence-electron chi connectivity index (χ0n) is 21.0. The zero-order chi connectivity index (χ0) is 31.8. The number of hydrogen-bond acceptors (Lipinski definition) is 6. The summed E-state index contributed by atoms with van der Waals surface area (Å²) in [5.74, 6) is -2.07. The molecule has 2 fully saturated rings. The summed E-state index contributed by atoms with van der Waals surface area (Å²) in [4.78, 5) is 7.10. The van der Waals surface area contributed by atoms with Crippen LogP contribution in [0.5, 0.6) is 0 Å². The molecule has 2 heterocycles. The Labute approximate surface area is 228 Å². The molecule has 0 atom stereocenters. The minimum absolute atomic E-state index is 0.158. The number of alkyl halides is 12. The van der Waals surface area contributed by atoms with Gasteiger partial charge in [-0.25, -0.2) is 9.98 Å². The van der Waals surface area contributed by atoms with Gasteiger partial charge in [-0.1, -0.05) is 24.3 Å². The zero-order valence-corrected chi connectivity index (χ0v) is 21.0. The van der Waals surface area contributed by atoms with Gasteiger partial charge in [-0.3, -0.25) is 0 Å². The topological polar surface area (TPSA) is 90.1 Å². The molecule has 1 aromatic rings. The molecular formula is C22H22F12N4O4. The quantitative estimate of drug-likeness (QED) is 0.300. The Morgan fingerprint density at radius 3 is 0.976 bits per heavy atom. The van der Waals surface area contributed by atoms with Crippen molar-refractivity contribution in [1.82, 2.24) is 9.80 Å². The molecule has 3 rings (SSSR count). The summed E-state index contributed by atoms with van der Waals surface area (Å²) in [6, 6.07) is 3.08. The largest absolute Gasteiger partial charge is 0.448 e. The predicted molar refractivity (Wildman–Crippen MR) is 118 cm³/mol. The number of benzene rings is 1. The van der Waals surface area contributed by atoms with Gasteiger partial charge < -0.3 is 29.5 Å². The number of nitrogens with zero attached hydrogens (tertiary/aromatic N) is 4. The van der Waals surface area contributed by atoms with Crippen LogP contribution in [0, 0.1) is 0 Å². The van der Waals surface area contributed by atoms with Gasteiger partial charge in [0.25, 0.3) is 0 Å². The Morgan fingerprint density at radius 1 is 0.524 bits per heavy atom. The third-order valence-electron chi connectivity index (χ3n) is 6.14. The van der Waals surface area contributed by atoms with E-state index in [-0.39, 0.29) is 52.6 Å². The highest BCUT2D eigenvalue weighted by molar-refractivity contribution is 6.02. The number of ether oxygens (including phenoxy) is 2. The maximum absolute atomic E-state index is 13.4. The Morgan fingerprint density at radius 2 is 0.762 bits per heavy atom. The fourth-order valence-corrected chi connectivity index (χ4v) is 3.84. The highest BCUT2D eigenvalue weighted by Crippen LogP contribution is 2.46. The van der Waals surface area contributed by atoms with Crippen LogP contribution >= 0.6 is 0 Å². The lowest BCUT2D eigenvalue weighted by atomic mass is 10.1. The van der Waals surface area contributed by atoms with Crippen LogP contribution in [0.2, 0.25) is 0 Å². The second-order valence-corrected chi connectivity index (χ2v) is 8.98. The lowest BCUT2D eigenvalue weighted by molar-refractivity contribution is -0.365. The lowest BCUT2D eigenvalue weighted by Gasteiger charge is -2.35. The van der Waals surface area contributed by atoms with Crippen LogP contribution in [-0.4, -0.2) is 120 Å².